The minimum absolute atomic E-state index is 0.0503. The van der Waals surface area contributed by atoms with Crippen molar-refractivity contribution in [2.24, 2.45) is 14.1 Å². The second-order valence-electron chi connectivity index (χ2n) is 6.37. The standard InChI is InChI=1S/C18H20BrN5O3/c1-11-6-4-5-7-12(11)8-9-20-13(25)10-24-15-14(21-17(24)19)16(26)23(3)18(27)22(15)2/h4-7H,8-10H2,1-3H3,(H,20,25). The lowest BCUT2D eigenvalue weighted by Crippen LogP contribution is -2.38. The van der Waals surface area contributed by atoms with Crippen LogP contribution in [-0.4, -0.2) is 31.1 Å². The molecule has 1 aromatic carbocycles. The number of hydrogen-bond donors (Lipinski definition) is 1. The van der Waals surface area contributed by atoms with Crippen LogP contribution in [0.15, 0.2) is 38.6 Å². The molecule has 0 aliphatic carbocycles. The third-order valence-electron chi connectivity index (χ3n) is 4.57. The molecule has 3 rings (SSSR count). The van der Waals surface area contributed by atoms with Crippen molar-refractivity contribution in [2.45, 2.75) is 19.9 Å². The molecule has 0 fully saturated rings. The molecule has 2 heterocycles. The molecule has 0 atom stereocenters. The van der Waals surface area contributed by atoms with Gasteiger partial charge in [-0.1, -0.05) is 24.3 Å². The molecule has 0 unspecified atom stereocenters. The summed E-state index contributed by atoms with van der Waals surface area (Å²) >= 11 is 3.28. The molecule has 0 aliphatic heterocycles. The van der Waals surface area contributed by atoms with Crippen molar-refractivity contribution in [3.63, 3.8) is 0 Å². The first kappa shape index (κ1) is 19.1. The number of fused-ring (bicyclic) bond motifs is 1. The highest BCUT2D eigenvalue weighted by molar-refractivity contribution is 9.10. The van der Waals surface area contributed by atoms with Gasteiger partial charge in [0, 0.05) is 20.6 Å². The average Bonchev–Trinajstić information content (AvgIpc) is 2.96. The van der Waals surface area contributed by atoms with E-state index < -0.39 is 11.2 Å². The largest absolute Gasteiger partial charge is 0.354 e. The monoisotopic (exact) mass is 433 g/mol. The van der Waals surface area contributed by atoms with Gasteiger partial charge in [-0.2, -0.15) is 0 Å². The van der Waals surface area contributed by atoms with E-state index in [4.69, 9.17) is 0 Å². The van der Waals surface area contributed by atoms with Crippen LogP contribution in [0.4, 0.5) is 0 Å². The van der Waals surface area contributed by atoms with Crippen LogP contribution >= 0.6 is 15.9 Å². The van der Waals surface area contributed by atoms with Gasteiger partial charge in [-0.15, -0.1) is 0 Å². The number of benzene rings is 1. The maximum Gasteiger partial charge on any atom is 0.332 e. The van der Waals surface area contributed by atoms with E-state index in [0.717, 1.165) is 11.0 Å². The van der Waals surface area contributed by atoms with Gasteiger partial charge in [-0.25, -0.2) is 9.78 Å². The van der Waals surface area contributed by atoms with Crippen molar-refractivity contribution in [3.05, 3.63) is 61.0 Å². The van der Waals surface area contributed by atoms with E-state index >= 15 is 0 Å². The minimum Gasteiger partial charge on any atom is -0.354 e. The summed E-state index contributed by atoms with van der Waals surface area (Å²) < 4.78 is 4.15. The van der Waals surface area contributed by atoms with Gasteiger partial charge in [0.2, 0.25) is 5.91 Å². The first-order valence-electron chi connectivity index (χ1n) is 8.44. The molecular weight excluding hydrogens is 414 g/mol. The number of nitrogens with one attached hydrogen (secondary N) is 1. The van der Waals surface area contributed by atoms with Crippen molar-refractivity contribution < 1.29 is 4.79 Å². The molecule has 142 valence electrons. The van der Waals surface area contributed by atoms with Gasteiger partial charge in [-0.3, -0.25) is 23.3 Å². The Balaban J connectivity index is 1.79. The summed E-state index contributed by atoms with van der Waals surface area (Å²) in [6.45, 7) is 2.48. The van der Waals surface area contributed by atoms with Crippen LogP contribution < -0.4 is 16.6 Å². The number of rotatable bonds is 5. The molecule has 9 heteroatoms. The summed E-state index contributed by atoms with van der Waals surface area (Å²) in [5.41, 5.74) is 1.84. The molecule has 1 amide bonds. The third kappa shape index (κ3) is 3.59. The molecule has 0 radical (unpaired) electrons. The van der Waals surface area contributed by atoms with Crippen LogP contribution in [-0.2, 0) is 31.9 Å². The van der Waals surface area contributed by atoms with E-state index in [0.29, 0.717) is 16.9 Å². The second kappa shape index (κ2) is 7.51. The molecular formula is C18H20BrN5O3. The first-order chi connectivity index (χ1) is 12.8. The van der Waals surface area contributed by atoms with Gasteiger partial charge in [0.1, 0.15) is 6.54 Å². The van der Waals surface area contributed by atoms with E-state index in [1.807, 2.05) is 31.2 Å². The Morgan fingerprint density at radius 3 is 2.59 bits per heavy atom. The number of carbonyl (C=O) groups excluding carboxylic acids is 1. The average molecular weight is 434 g/mol. The zero-order valence-electron chi connectivity index (χ0n) is 15.3. The number of aromatic nitrogens is 4. The molecule has 0 saturated heterocycles. The van der Waals surface area contributed by atoms with Gasteiger partial charge in [0.15, 0.2) is 15.9 Å². The van der Waals surface area contributed by atoms with Gasteiger partial charge >= 0.3 is 5.69 Å². The lowest BCUT2D eigenvalue weighted by atomic mass is 10.1. The van der Waals surface area contributed by atoms with E-state index in [1.54, 1.807) is 7.05 Å². The van der Waals surface area contributed by atoms with Gasteiger partial charge in [0.05, 0.1) is 0 Å². The molecule has 8 nitrogen and oxygen atoms in total. The molecule has 3 aromatic rings. The van der Waals surface area contributed by atoms with Gasteiger partial charge in [-0.05, 0) is 40.4 Å². The lowest BCUT2D eigenvalue weighted by molar-refractivity contribution is -0.121. The fourth-order valence-corrected chi connectivity index (χ4v) is 3.50. The number of imidazole rings is 1. The Morgan fingerprint density at radius 1 is 1.19 bits per heavy atom. The van der Waals surface area contributed by atoms with E-state index in [-0.39, 0.29) is 18.0 Å². The molecule has 0 spiro atoms. The van der Waals surface area contributed by atoms with Crippen LogP contribution in [0.5, 0.6) is 0 Å². The van der Waals surface area contributed by atoms with Crippen LogP contribution in [0, 0.1) is 6.92 Å². The topological polar surface area (TPSA) is 90.9 Å². The highest BCUT2D eigenvalue weighted by Gasteiger charge is 2.19. The van der Waals surface area contributed by atoms with Crippen molar-refractivity contribution >= 4 is 33.0 Å². The molecule has 0 saturated carbocycles. The number of halogens is 1. The van der Waals surface area contributed by atoms with Crippen molar-refractivity contribution in [1.29, 1.82) is 0 Å². The molecule has 0 aliphatic rings. The summed E-state index contributed by atoms with van der Waals surface area (Å²) in [4.78, 5) is 41.0. The predicted octanol–water partition coefficient (Wildman–Crippen LogP) is 0.864. The highest BCUT2D eigenvalue weighted by Crippen LogP contribution is 2.16. The molecule has 1 N–H and O–H groups in total. The van der Waals surface area contributed by atoms with E-state index in [1.165, 1.54) is 27.3 Å². The zero-order valence-corrected chi connectivity index (χ0v) is 16.9. The number of carbonyl (C=O) groups is 1. The minimum atomic E-state index is -0.493. The van der Waals surface area contributed by atoms with Crippen LogP contribution in [0.3, 0.4) is 0 Å². The van der Waals surface area contributed by atoms with Crippen LogP contribution in [0.2, 0.25) is 0 Å². The molecule has 0 bridgehead atoms. The SMILES string of the molecule is Cc1ccccc1CCNC(=O)Cn1c(Br)nc2c(=O)n(C)c(=O)n(C)c21. The quantitative estimate of drug-likeness (QED) is 0.604. The smallest absolute Gasteiger partial charge is 0.332 e. The van der Waals surface area contributed by atoms with Crippen LogP contribution in [0.1, 0.15) is 11.1 Å². The summed E-state index contributed by atoms with van der Waals surface area (Å²) in [5, 5.41) is 2.87. The number of aryl methyl sites for hydroxylation is 2. The summed E-state index contributed by atoms with van der Waals surface area (Å²) in [6, 6.07) is 8.02. The third-order valence-corrected chi connectivity index (χ3v) is 5.18. The summed E-state index contributed by atoms with van der Waals surface area (Å²) in [5.74, 6) is -0.225. The fourth-order valence-electron chi connectivity index (χ4n) is 3.03. The van der Waals surface area contributed by atoms with Gasteiger partial charge in [0.25, 0.3) is 5.56 Å². The zero-order chi connectivity index (χ0) is 19.7. The summed E-state index contributed by atoms with van der Waals surface area (Å²) in [7, 11) is 2.94. The van der Waals surface area contributed by atoms with Crippen molar-refractivity contribution in [2.75, 3.05) is 6.54 Å². The number of nitrogens with zero attached hydrogens (tertiary/aromatic N) is 4. The Bertz CT molecular complexity index is 1140. The number of amides is 1. The van der Waals surface area contributed by atoms with E-state index in [9.17, 15) is 14.4 Å². The fraction of sp³-hybridized carbons (Fsp3) is 0.333. The summed E-state index contributed by atoms with van der Waals surface area (Å²) in [6.07, 6.45) is 0.725. The molecule has 27 heavy (non-hydrogen) atoms. The lowest BCUT2D eigenvalue weighted by Gasteiger charge is -2.11. The Morgan fingerprint density at radius 2 is 1.89 bits per heavy atom. The molecule has 2 aromatic heterocycles. The maximum atomic E-state index is 12.4. The second-order valence-corrected chi connectivity index (χ2v) is 7.08. The Labute approximate surface area is 163 Å². The van der Waals surface area contributed by atoms with Gasteiger partial charge < -0.3 is 5.32 Å². The van der Waals surface area contributed by atoms with E-state index in [2.05, 4.69) is 26.2 Å². The van der Waals surface area contributed by atoms with Crippen molar-refractivity contribution in [1.82, 2.24) is 24.0 Å². The number of hydrogen-bond acceptors (Lipinski definition) is 4. The predicted molar refractivity (Wildman–Crippen MR) is 106 cm³/mol. The maximum absolute atomic E-state index is 12.4. The normalized spacial score (nSPS) is 11.1. The Hall–Kier alpha value is -2.68. The first-order valence-corrected chi connectivity index (χ1v) is 9.23. The van der Waals surface area contributed by atoms with Crippen molar-refractivity contribution in [3.8, 4) is 0 Å². The highest BCUT2D eigenvalue weighted by atomic mass is 79.9. The van der Waals surface area contributed by atoms with Crippen LogP contribution in [0.25, 0.3) is 11.2 Å². The Kier molecular flexibility index (Phi) is 5.31.